The van der Waals surface area contributed by atoms with Crippen molar-refractivity contribution in [2.75, 3.05) is 6.61 Å². The Morgan fingerprint density at radius 2 is 1.93 bits per heavy atom. The van der Waals surface area contributed by atoms with Crippen molar-refractivity contribution >= 4 is 38.4 Å². The zero-order valence-corrected chi connectivity index (χ0v) is 19.0. The molecule has 2 aliphatic rings. The Kier molecular flexibility index (Phi) is 5.48. The van der Waals surface area contributed by atoms with Crippen molar-refractivity contribution in [2.24, 2.45) is 11.8 Å². The Morgan fingerprint density at radius 1 is 1.21 bits per heavy atom. The van der Waals surface area contributed by atoms with E-state index in [0.717, 1.165) is 21.1 Å². The average molecular weight is 528 g/mol. The van der Waals surface area contributed by atoms with Crippen LogP contribution in [-0.2, 0) is 30.5 Å². The zero-order valence-electron chi connectivity index (χ0n) is 16.0. The third-order valence-corrected chi connectivity index (χ3v) is 9.60. The van der Waals surface area contributed by atoms with Crippen LogP contribution in [0.5, 0.6) is 0 Å². The third-order valence-electron chi connectivity index (χ3n) is 6.35. The molecule has 2 aromatic rings. The number of ether oxygens (including phenoxy) is 1. The highest BCUT2D eigenvalue weighted by Gasteiger charge is 2.61. The number of rotatable bonds is 4. The molecule has 2 aliphatic carbocycles. The summed E-state index contributed by atoms with van der Waals surface area (Å²) in [4.78, 5) is 12.7. The largest absolute Gasteiger partial charge is 0.466 e. The van der Waals surface area contributed by atoms with E-state index < -0.39 is 26.3 Å². The molecule has 7 heteroatoms. The van der Waals surface area contributed by atoms with Gasteiger partial charge in [-0.25, -0.2) is 12.8 Å². The Labute approximate surface area is 183 Å². The molecular weight excluding hydrogens is 506 g/mol. The van der Waals surface area contributed by atoms with E-state index in [0.29, 0.717) is 19.3 Å². The number of aryl methyl sites for hydroxylation is 1. The molecule has 0 aromatic heterocycles. The monoisotopic (exact) mass is 528 g/mol. The molecule has 0 amide bonds. The highest BCUT2D eigenvalue weighted by molar-refractivity contribution is 14.1. The molecule has 1 fully saturated rings. The highest BCUT2D eigenvalue weighted by Crippen LogP contribution is 2.59. The van der Waals surface area contributed by atoms with Gasteiger partial charge in [0.25, 0.3) is 0 Å². The van der Waals surface area contributed by atoms with E-state index in [1.807, 2.05) is 18.2 Å². The molecule has 0 spiro atoms. The minimum absolute atomic E-state index is 0.0970. The van der Waals surface area contributed by atoms with Gasteiger partial charge in [0, 0.05) is 3.57 Å². The number of fused-ring (bicyclic) bond motifs is 3. The first-order valence-electron chi connectivity index (χ1n) is 9.77. The van der Waals surface area contributed by atoms with Crippen LogP contribution in [0.2, 0.25) is 0 Å². The molecule has 29 heavy (non-hydrogen) atoms. The summed E-state index contributed by atoms with van der Waals surface area (Å²) >= 11 is 2.23. The van der Waals surface area contributed by atoms with Gasteiger partial charge in [-0.2, -0.15) is 0 Å². The molecular formula is C22H22FIO4S. The van der Waals surface area contributed by atoms with Gasteiger partial charge in [-0.3, -0.25) is 4.79 Å². The van der Waals surface area contributed by atoms with Gasteiger partial charge >= 0.3 is 5.97 Å². The lowest BCUT2D eigenvalue weighted by atomic mass is 9.73. The quantitative estimate of drug-likeness (QED) is 0.330. The molecule has 3 atom stereocenters. The van der Waals surface area contributed by atoms with Crippen molar-refractivity contribution in [3.8, 4) is 0 Å². The molecule has 0 aliphatic heterocycles. The van der Waals surface area contributed by atoms with Gasteiger partial charge in [-0.05, 0) is 109 Å². The van der Waals surface area contributed by atoms with Crippen LogP contribution in [0.25, 0.3) is 0 Å². The first-order valence-corrected chi connectivity index (χ1v) is 12.3. The summed E-state index contributed by atoms with van der Waals surface area (Å²) in [5.41, 5.74) is 1.80. The fourth-order valence-electron chi connectivity index (χ4n) is 5.18. The van der Waals surface area contributed by atoms with Gasteiger partial charge in [-0.1, -0.05) is 6.07 Å². The van der Waals surface area contributed by atoms with Gasteiger partial charge < -0.3 is 4.74 Å². The molecule has 154 valence electrons. The van der Waals surface area contributed by atoms with E-state index in [1.54, 1.807) is 6.92 Å². The summed E-state index contributed by atoms with van der Waals surface area (Å²) in [6, 6.07) is 10.9. The molecule has 4 rings (SSSR count). The summed E-state index contributed by atoms with van der Waals surface area (Å²) in [5, 5.41) is 0. The first-order chi connectivity index (χ1) is 13.8. The number of carbonyl (C=O) groups is 1. The van der Waals surface area contributed by atoms with Crippen molar-refractivity contribution in [3.05, 3.63) is 63.0 Å². The number of benzene rings is 2. The van der Waals surface area contributed by atoms with Crippen molar-refractivity contribution in [2.45, 2.75) is 42.2 Å². The summed E-state index contributed by atoms with van der Waals surface area (Å²) in [7, 11) is -3.86. The maximum absolute atomic E-state index is 14.0. The van der Waals surface area contributed by atoms with E-state index in [9.17, 15) is 17.6 Å². The lowest BCUT2D eigenvalue weighted by Gasteiger charge is -2.42. The number of hydrogen-bond donors (Lipinski definition) is 0. The summed E-state index contributed by atoms with van der Waals surface area (Å²) < 4.78 is 46.6. The minimum Gasteiger partial charge on any atom is -0.466 e. The standard InChI is InChI=1S/C22H22FIO4S/c1-2-28-21(25)18-11-12-22(29(26,27)17-7-4-15(23)5-8-17)19-10-6-16(24)13-14(19)3-9-20(18)22/h4-8,10,13,18,20H,2-3,9,11-12H2,1H3/t18-,20-,22+/m0/s1. The molecule has 0 unspecified atom stereocenters. The number of esters is 1. The topological polar surface area (TPSA) is 60.4 Å². The molecule has 0 radical (unpaired) electrons. The summed E-state index contributed by atoms with van der Waals surface area (Å²) in [6.07, 6.45) is 2.16. The van der Waals surface area contributed by atoms with Gasteiger partial charge in [0.2, 0.25) is 0 Å². The second-order valence-electron chi connectivity index (χ2n) is 7.69. The van der Waals surface area contributed by atoms with Gasteiger partial charge in [0.1, 0.15) is 10.6 Å². The van der Waals surface area contributed by atoms with Crippen molar-refractivity contribution in [3.63, 3.8) is 0 Å². The van der Waals surface area contributed by atoms with Crippen LogP contribution in [0.1, 0.15) is 37.3 Å². The van der Waals surface area contributed by atoms with E-state index in [-0.39, 0.29) is 23.4 Å². The molecule has 4 nitrogen and oxygen atoms in total. The van der Waals surface area contributed by atoms with E-state index >= 15 is 0 Å². The number of hydrogen-bond acceptors (Lipinski definition) is 4. The smallest absolute Gasteiger partial charge is 0.309 e. The number of carbonyl (C=O) groups excluding carboxylic acids is 1. The number of sulfone groups is 1. The second kappa shape index (κ2) is 7.65. The Balaban J connectivity index is 1.92. The minimum atomic E-state index is -3.86. The maximum Gasteiger partial charge on any atom is 0.309 e. The van der Waals surface area contributed by atoms with E-state index in [4.69, 9.17) is 4.74 Å². The van der Waals surface area contributed by atoms with Crippen LogP contribution in [-0.4, -0.2) is 21.0 Å². The predicted molar refractivity (Wildman–Crippen MR) is 116 cm³/mol. The van der Waals surface area contributed by atoms with E-state index in [2.05, 4.69) is 22.6 Å². The maximum atomic E-state index is 14.0. The lowest BCUT2D eigenvalue weighted by Crippen LogP contribution is -2.45. The molecule has 0 bridgehead atoms. The zero-order chi connectivity index (χ0) is 20.8. The first kappa shape index (κ1) is 20.8. The molecule has 1 saturated carbocycles. The van der Waals surface area contributed by atoms with Crippen LogP contribution < -0.4 is 0 Å². The van der Waals surface area contributed by atoms with Crippen molar-refractivity contribution in [1.29, 1.82) is 0 Å². The van der Waals surface area contributed by atoms with E-state index in [1.165, 1.54) is 24.3 Å². The van der Waals surface area contributed by atoms with Gasteiger partial charge in [0.05, 0.1) is 17.4 Å². The fourth-order valence-corrected chi connectivity index (χ4v) is 8.20. The predicted octanol–water partition coefficient (Wildman–Crippen LogP) is 4.64. The van der Waals surface area contributed by atoms with Crippen LogP contribution >= 0.6 is 22.6 Å². The number of halogens is 2. The van der Waals surface area contributed by atoms with Crippen molar-refractivity contribution < 1.29 is 22.3 Å². The van der Waals surface area contributed by atoms with Gasteiger partial charge in [0.15, 0.2) is 9.84 Å². The van der Waals surface area contributed by atoms with Crippen LogP contribution in [0.3, 0.4) is 0 Å². The van der Waals surface area contributed by atoms with Crippen LogP contribution in [0, 0.1) is 21.2 Å². The van der Waals surface area contributed by atoms with Crippen LogP contribution in [0.15, 0.2) is 47.4 Å². The van der Waals surface area contributed by atoms with Gasteiger partial charge in [-0.15, -0.1) is 0 Å². The third kappa shape index (κ3) is 3.21. The highest BCUT2D eigenvalue weighted by atomic mass is 127. The second-order valence-corrected chi connectivity index (χ2v) is 11.1. The molecule has 0 N–H and O–H groups in total. The molecule has 0 heterocycles. The Morgan fingerprint density at radius 3 is 2.62 bits per heavy atom. The average Bonchev–Trinajstić information content (AvgIpc) is 3.10. The Hall–Kier alpha value is -1.48. The van der Waals surface area contributed by atoms with Crippen molar-refractivity contribution in [1.82, 2.24) is 0 Å². The van der Waals surface area contributed by atoms with Crippen LogP contribution in [0.4, 0.5) is 4.39 Å². The normalized spacial score (nSPS) is 25.9. The molecule has 2 aromatic carbocycles. The summed E-state index contributed by atoms with van der Waals surface area (Å²) in [6.45, 7) is 2.03. The fraction of sp³-hybridized carbons (Fsp3) is 0.409. The Bertz CT molecular complexity index is 1050. The lowest BCUT2D eigenvalue weighted by molar-refractivity contribution is -0.149. The summed E-state index contributed by atoms with van der Waals surface area (Å²) in [5.74, 6) is -1.60. The molecule has 0 saturated heterocycles. The SMILES string of the molecule is CCOC(=O)[C@H]1CC[C@@]2(S(=O)(=O)c3ccc(F)cc3)c3ccc(I)cc3CC[C@@H]12.